The first kappa shape index (κ1) is 25.6. The summed E-state index contributed by atoms with van der Waals surface area (Å²) >= 11 is 6.14. The molecule has 2 heterocycles. The highest BCUT2D eigenvalue weighted by atomic mass is 127. The Balaban J connectivity index is 0.00000320. The van der Waals surface area contributed by atoms with Gasteiger partial charge in [0.05, 0.1) is 24.9 Å². The lowest BCUT2D eigenvalue weighted by Gasteiger charge is -2.42. The quantitative estimate of drug-likeness (QED) is 0.333. The maximum Gasteiger partial charge on any atom is 0.193 e. The molecule has 1 N–H and O–H groups in total. The van der Waals surface area contributed by atoms with Crippen LogP contribution in [0.3, 0.4) is 0 Å². The van der Waals surface area contributed by atoms with Crippen LogP contribution in [0.15, 0.2) is 29.3 Å². The zero-order valence-corrected chi connectivity index (χ0v) is 21.7. The van der Waals surface area contributed by atoms with E-state index >= 15 is 0 Å². The molecular weight excluding hydrogens is 515 g/mol. The van der Waals surface area contributed by atoms with Crippen molar-refractivity contribution in [3.8, 4) is 0 Å². The average molecular weight is 551 g/mol. The number of ether oxygens (including phenoxy) is 2. The van der Waals surface area contributed by atoms with Crippen molar-refractivity contribution in [2.24, 2.45) is 10.9 Å². The van der Waals surface area contributed by atoms with Crippen molar-refractivity contribution in [3.05, 3.63) is 34.9 Å². The first-order valence-electron chi connectivity index (χ1n) is 10.5. The Hall–Kier alpha value is -0.610. The van der Waals surface area contributed by atoms with Crippen LogP contribution in [0.4, 0.5) is 0 Å². The predicted octanol–water partition coefficient (Wildman–Crippen LogP) is 3.65. The number of morpholine rings is 1. The number of nitrogens with one attached hydrogen (secondary N) is 1. The van der Waals surface area contributed by atoms with Gasteiger partial charge in [-0.05, 0) is 38.0 Å². The first-order chi connectivity index (χ1) is 13.9. The average Bonchev–Trinajstić information content (AvgIpc) is 3.14. The van der Waals surface area contributed by atoms with Crippen LogP contribution in [0.25, 0.3) is 0 Å². The van der Waals surface area contributed by atoms with Gasteiger partial charge in [0.15, 0.2) is 5.96 Å². The van der Waals surface area contributed by atoms with E-state index in [4.69, 9.17) is 21.1 Å². The molecule has 0 radical (unpaired) electrons. The van der Waals surface area contributed by atoms with E-state index in [0.29, 0.717) is 5.92 Å². The normalized spacial score (nSPS) is 23.2. The van der Waals surface area contributed by atoms with Gasteiger partial charge < -0.3 is 19.7 Å². The minimum Gasteiger partial charge on any atom is -0.384 e. The summed E-state index contributed by atoms with van der Waals surface area (Å²) in [7, 11) is 3.64. The van der Waals surface area contributed by atoms with Crippen LogP contribution in [0, 0.1) is 5.92 Å². The molecule has 30 heavy (non-hydrogen) atoms. The van der Waals surface area contributed by atoms with Gasteiger partial charge in [-0.1, -0.05) is 23.7 Å². The van der Waals surface area contributed by atoms with E-state index in [2.05, 4.69) is 46.1 Å². The molecule has 2 aliphatic rings. The van der Waals surface area contributed by atoms with Gasteiger partial charge >= 0.3 is 0 Å². The molecule has 1 aromatic carbocycles. The molecule has 0 spiro atoms. The summed E-state index contributed by atoms with van der Waals surface area (Å²) in [5.74, 6) is 1.54. The van der Waals surface area contributed by atoms with E-state index in [9.17, 15) is 0 Å². The fraction of sp³-hybridized carbons (Fsp3) is 0.682. The Morgan fingerprint density at radius 2 is 2.07 bits per heavy atom. The van der Waals surface area contributed by atoms with Crippen molar-refractivity contribution < 1.29 is 9.47 Å². The van der Waals surface area contributed by atoms with Crippen molar-refractivity contribution >= 4 is 41.5 Å². The van der Waals surface area contributed by atoms with E-state index in [1.807, 2.05) is 19.2 Å². The third-order valence-electron chi connectivity index (χ3n) is 5.80. The molecule has 2 saturated heterocycles. The molecule has 0 amide bonds. The van der Waals surface area contributed by atoms with Crippen molar-refractivity contribution in [1.29, 1.82) is 0 Å². The summed E-state index contributed by atoms with van der Waals surface area (Å²) in [6.07, 6.45) is 1.15. The van der Waals surface area contributed by atoms with Gasteiger partial charge in [-0.2, -0.15) is 0 Å². The van der Waals surface area contributed by atoms with Gasteiger partial charge in [-0.15, -0.1) is 24.0 Å². The van der Waals surface area contributed by atoms with Crippen molar-refractivity contribution in [1.82, 2.24) is 15.1 Å². The van der Waals surface area contributed by atoms with Crippen molar-refractivity contribution in [3.63, 3.8) is 0 Å². The number of hydrogen-bond acceptors (Lipinski definition) is 4. The lowest BCUT2D eigenvalue weighted by Crippen LogP contribution is -2.52. The van der Waals surface area contributed by atoms with E-state index in [1.54, 1.807) is 7.11 Å². The maximum absolute atomic E-state index is 6.14. The Labute approximate surface area is 203 Å². The van der Waals surface area contributed by atoms with Gasteiger partial charge in [0.25, 0.3) is 0 Å². The lowest BCUT2D eigenvalue weighted by molar-refractivity contribution is -0.0971. The molecule has 8 heteroatoms. The zero-order chi connectivity index (χ0) is 20.9. The first-order valence-corrected chi connectivity index (χ1v) is 10.9. The summed E-state index contributed by atoms with van der Waals surface area (Å²) in [4.78, 5) is 9.39. The highest BCUT2D eigenvalue weighted by Gasteiger charge is 2.32. The Morgan fingerprint density at radius 3 is 2.70 bits per heavy atom. The fourth-order valence-corrected chi connectivity index (χ4v) is 4.50. The fourth-order valence-electron chi connectivity index (χ4n) is 4.38. The maximum atomic E-state index is 6.14. The molecule has 6 nitrogen and oxygen atoms in total. The van der Waals surface area contributed by atoms with E-state index in [1.165, 1.54) is 5.56 Å². The summed E-state index contributed by atoms with van der Waals surface area (Å²) in [6, 6.07) is 8.43. The topological polar surface area (TPSA) is 49.3 Å². The van der Waals surface area contributed by atoms with E-state index in [-0.39, 0.29) is 35.6 Å². The number of likely N-dealkylation sites (tertiary alicyclic amines) is 1. The van der Waals surface area contributed by atoms with Crippen LogP contribution in [0.5, 0.6) is 0 Å². The highest BCUT2D eigenvalue weighted by molar-refractivity contribution is 14.0. The Kier molecular flexibility index (Phi) is 10.1. The molecule has 2 fully saturated rings. The molecule has 170 valence electrons. The SMILES string of the molecule is CN=C(NCC(c1ccc(Cl)cc1)N1CCOC(C)(C)C1)N1CCC(COC)C1.I. The Morgan fingerprint density at radius 1 is 1.33 bits per heavy atom. The van der Waals surface area contributed by atoms with Crippen molar-refractivity contribution in [2.75, 3.05) is 60.1 Å². The summed E-state index contributed by atoms with van der Waals surface area (Å²) in [5.41, 5.74) is 1.11. The second kappa shape index (κ2) is 11.9. The summed E-state index contributed by atoms with van der Waals surface area (Å²) < 4.78 is 11.3. The molecule has 2 unspecified atom stereocenters. The molecule has 0 aromatic heterocycles. The Bertz CT molecular complexity index is 686. The number of guanidine groups is 1. The minimum atomic E-state index is -0.146. The molecule has 0 saturated carbocycles. The van der Waals surface area contributed by atoms with Gasteiger partial charge in [0.1, 0.15) is 0 Å². The molecule has 0 bridgehead atoms. The second-order valence-corrected chi connectivity index (χ2v) is 9.07. The number of hydrogen-bond donors (Lipinski definition) is 1. The number of methoxy groups -OCH3 is 1. The van der Waals surface area contributed by atoms with Crippen LogP contribution in [-0.4, -0.2) is 81.5 Å². The van der Waals surface area contributed by atoms with Crippen molar-refractivity contribution in [2.45, 2.75) is 31.9 Å². The van der Waals surface area contributed by atoms with Crippen LogP contribution in [-0.2, 0) is 9.47 Å². The standard InChI is InChI=1S/C22H35ClN4O2.HI/c1-22(2)16-27(11-12-29-22)20(18-5-7-19(23)8-6-18)13-25-21(24-3)26-10-9-17(14-26)15-28-4;/h5-8,17,20H,9-16H2,1-4H3,(H,24,25);1H. The molecule has 2 atom stereocenters. The smallest absolute Gasteiger partial charge is 0.193 e. The largest absolute Gasteiger partial charge is 0.384 e. The number of aliphatic imine (C=N–C) groups is 1. The molecule has 0 aliphatic carbocycles. The molecule has 2 aliphatic heterocycles. The van der Waals surface area contributed by atoms with Gasteiger partial charge in [-0.3, -0.25) is 9.89 Å². The van der Waals surface area contributed by atoms with E-state index in [0.717, 1.165) is 63.3 Å². The van der Waals surface area contributed by atoms with Gasteiger partial charge in [-0.25, -0.2) is 0 Å². The number of benzene rings is 1. The third-order valence-corrected chi connectivity index (χ3v) is 6.06. The number of halogens is 2. The highest BCUT2D eigenvalue weighted by Crippen LogP contribution is 2.27. The van der Waals surface area contributed by atoms with Crippen LogP contribution < -0.4 is 5.32 Å². The van der Waals surface area contributed by atoms with Gasteiger partial charge in [0, 0.05) is 57.8 Å². The third kappa shape index (κ3) is 6.95. The van der Waals surface area contributed by atoms with Crippen LogP contribution >= 0.6 is 35.6 Å². The number of nitrogens with zero attached hydrogens (tertiary/aromatic N) is 3. The predicted molar refractivity (Wildman–Crippen MR) is 134 cm³/mol. The molecule has 3 rings (SSSR count). The van der Waals surface area contributed by atoms with Gasteiger partial charge in [0.2, 0.25) is 0 Å². The second-order valence-electron chi connectivity index (χ2n) is 8.63. The van der Waals surface area contributed by atoms with Crippen LogP contribution in [0.2, 0.25) is 5.02 Å². The lowest BCUT2D eigenvalue weighted by atomic mass is 10.0. The number of rotatable bonds is 6. The van der Waals surface area contributed by atoms with E-state index < -0.39 is 0 Å². The summed E-state index contributed by atoms with van der Waals surface area (Å²) in [6.45, 7) is 10.5. The monoisotopic (exact) mass is 550 g/mol. The zero-order valence-electron chi connectivity index (χ0n) is 18.6. The molecule has 1 aromatic rings. The minimum absolute atomic E-state index is 0. The molecular formula is C22H36ClIN4O2. The van der Waals surface area contributed by atoms with Crippen LogP contribution in [0.1, 0.15) is 31.9 Å². The summed E-state index contributed by atoms with van der Waals surface area (Å²) in [5, 5.41) is 4.40.